The zero-order chi connectivity index (χ0) is 7.56. The van der Waals surface area contributed by atoms with Gasteiger partial charge >= 0.3 is 0 Å². The first-order valence-electron chi connectivity index (χ1n) is 3.41. The molecule has 0 aromatic heterocycles. The Hall–Kier alpha value is -0.850. The molecule has 10 heavy (non-hydrogen) atoms. The molecule has 0 saturated carbocycles. The largest absolute Gasteiger partial charge is 0.243 e. The second kappa shape index (κ2) is 2.82. The van der Waals surface area contributed by atoms with Gasteiger partial charge in [0.2, 0.25) is 0 Å². The third kappa shape index (κ3) is 1.35. The highest BCUT2D eigenvalue weighted by Crippen LogP contribution is 2.19. The molecule has 1 aromatic rings. The number of aryl methyl sites for hydroxylation is 1. The second-order valence-electron chi connectivity index (χ2n) is 2.47. The number of benzene rings is 1. The van der Waals surface area contributed by atoms with E-state index < -0.39 is 6.17 Å². The predicted octanol–water partition coefficient (Wildman–Crippen LogP) is 3.03. The molecular formula is C9H11F. The van der Waals surface area contributed by atoms with Gasteiger partial charge < -0.3 is 0 Å². The quantitative estimate of drug-likeness (QED) is 0.559. The molecule has 0 fully saturated rings. The SMILES string of the molecule is Cc1ccccc1[C@H](C)F. The van der Waals surface area contributed by atoms with Crippen LogP contribution in [0.25, 0.3) is 0 Å². The summed E-state index contributed by atoms with van der Waals surface area (Å²) in [6, 6.07) is 7.52. The topological polar surface area (TPSA) is 0 Å². The van der Waals surface area contributed by atoms with Gasteiger partial charge in [-0.2, -0.15) is 0 Å². The maximum atomic E-state index is 12.7. The Morgan fingerprint density at radius 1 is 1.30 bits per heavy atom. The monoisotopic (exact) mass is 138 g/mol. The normalized spacial score (nSPS) is 13.1. The van der Waals surface area contributed by atoms with Gasteiger partial charge in [0.15, 0.2) is 0 Å². The van der Waals surface area contributed by atoms with Gasteiger partial charge in [-0.1, -0.05) is 24.3 Å². The number of hydrogen-bond donors (Lipinski definition) is 0. The Balaban J connectivity index is 3.03. The second-order valence-corrected chi connectivity index (χ2v) is 2.47. The molecule has 0 radical (unpaired) electrons. The molecule has 0 aliphatic rings. The van der Waals surface area contributed by atoms with Crippen molar-refractivity contribution in [2.45, 2.75) is 20.0 Å². The van der Waals surface area contributed by atoms with Crippen molar-refractivity contribution in [3.05, 3.63) is 35.4 Å². The molecule has 1 rings (SSSR count). The van der Waals surface area contributed by atoms with Crippen LogP contribution in [0.2, 0.25) is 0 Å². The number of alkyl halides is 1. The molecule has 0 N–H and O–H groups in total. The van der Waals surface area contributed by atoms with Crippen LogP contribution >= 0.6 is 0 Å². The summed E-state index contributed by atoms with van der Waals surface area (Å²) in [5.41, 5.74) is 1.82. The summed E-state index contributed by atoms with van der Waals surface area (Å²) in [7, 11) is 0. The Morgan fingerprint density at radius 2 is 1.90 bits per heavy atom. The zero-order valence-corrected chi connectivity index (χ0v) is 6.26. The summed E-state index contributed by atoms with van der Waals surface area (Å²) in [4.78, 5) is 0. The van der Waals surface area contributed by atoms with Crippen LogP contribution in [0.4, 0.5) is 4.39 Å². The van der Waals surface area contributed by atoms with Gasteiger partial charge in [0.05, 0.1) is 0 Å². The van der Waals surface area contributed by atoms with Crippen LogP contribution in [0.15, 0.2) is 24.3 Å². The molecule has 1 heteroatoms. The van der Waals surface area contributed by atoms with Crippen molar-refractivity contribution in [1.82, 2.24) is 0 Å². The summed E-state index contributed by atoms with van der Waals surface area (Å²) in [5, 5.41) is 0. The van der Waals surface area contributed by atoms with Gasteiger partial charge in [-0.15, -0.1) is 0 Å². The molecule has 0 aliphatic carbocycles. The highest BCUT2D eigenvalue weighted by Gasteiger charge is 2.03. The molecule has 0 unspecified atom stereocenters. The highest BCUT2D eigenvalue weighted by atomic mass is 19.1. The first-order valence-corrected chi connectivity index (χ1v) is 3.41. The fourth-order valence-corrected chi connectivity index (χ4v) is 1.03. The number of rotatable bonds is 1. The van der Waals surface area contributed by atoms with Crippen LogP contribution in [0.5, 0.6) is 0 Å². The average Bonchev–Trinajstić information content (AvgIpc) is 1.88. The van der Waals surface area contributed by atoms with Crippen LogP contribution in [0.3, 0.4) is 0 Å². The van der Waals surface area contributed by atoms with Gasteiger partial charge in [-0.3, -0.25) is 0 Å². The van der Waals surface area contributed by atoms with Gasteiger partial charge in [0, 0.05) is 0 Å². The Kier molecular flexibility index (Phi) is 2.05. The predicted molar refractivity (Wildman–Crippen MR) is 40.7 cm³/mol. The summed E-state index contributed by atoms with van der Waals surface area (Å²) in [6.45, 7) is 3.48. The summed E-state index contributed by atoms with van der Waals surface area (Å²) < 4.78 is 12.7. The first-order chi connectivity index (χ1) is 4.72. The lowest BCUT2D eigenvalue weighted by atomic mass is 10.1. The van der Waals surface area contributed by atoms with Gasteiger partial charge in [0.25, 0.3) is 0 Å². The maximum Gasteiger partial charge on any atom is 0.123 e. The smallest absolute Gasteiger partial charge is 0.123 e. The van der Waals surface area contributed by atoms with E-state index in [1.807, 2.05) is 31.2 Å². The maximum absolute atomic E-state index is 12.7. The highest BCUT2D eigenvalue weighted by molar-refractivity contribution is 5.26. The molecule has 0 amide bonds. The third-order valence-corrected chi connectivity index (χ3v) is 1.62. The van der Waals surface area contributed by atoms with E-state index in [1.54, 1.807) is 6.92 Å². The van der Waals surface area contributed by atoms with Crippen LogP contribution < -0.4 is 0 Å². The lowest BCUT2D eigenvalue weighted by Crippen LogP contribution is -1.88. The van der Waals surface area contributed by atoms with E-state index in [9.17, 15) is 4.39 Å². The summed E-state index contributed by atoms with van der Waals surface area (Å²) >= 11 is 0. The lowest BCUT2D eigenvalue weighted by Gasteiger charge is -2.04. The first kappa shape index (κ1) is 7.26. The Bertz CT molecular complexity index is 216. The van der Waals surface area contributed by atoms with E-state index >= 15 is 0 Å². The van der Waals surface area contributed by atoms with Crippen molar-refractivity contribution in [1.29, 1.82) is 0 Å². The Morgan fingerprint density at radius 3 is 2.30 bits per heavy atom. The standard InChI is InChI=1S/C9H11F/c1-7-5-3-4-6-9(7)8(2)10/h3-6,8H,1-2H3/t8-/m0/s1. The minimum absolute atomic E-state index is 0.794. The van der Waals surface area contributed by atoms with Crippen molar-refractivity contribution in [2.24, 2.45) is 0 Å². The summed E-state index contributed by atoms with van der Waals surface area (Å²) in [5.74, 6) is 0. The fraction of sp³-hybridized carbons (Fsp3) is 0.333. The van der Waals surface area contributed by atoms with E-state index in [2.05, 4.69) is 0 Å². The molecule has 54 valence electrons. The average molecular weight is 138 g/mol. The minimum atomic E-state index is -0.846. The van der Waals surface area contributed by atoms with Crippen LogP contribution in [0, 0.1) is 6.92 Å². The molecule has 0 heterocycles. The van der Waals surface area contributed by atoms with Crippen molar-refractivity contribution < 1.29 is 4.39 Å². The molecule has 0 spiro atoms. The minimum Gasteiger partial charge on any atom is -0.243 e. The zero-order valence-electron chi connectivity index (χ0n) is 6.26. The van der Waals surface area contributed by atoms with E-state index in [0.29, 0.717) is 0 Å². The van der Waals surface area contributed by atoms with Gasteiger partial charge in [-0.25, -0.2) is 4.39 Å². The Labute approximate surface area is 60.7 Å². The van der Waals surface area contributed by atoms with E-state index in [-0.39, 0.29) is 0 Å². The molecule has 0 bridgehead atoms. The van der Waals surface area contributed by atoms with Crippen molar-refractivity contribution in [3.63, 3.8) is 0 Å². The molecule has 0 aliphatic heterocycles. The van der Waals surface area contributed by atoms with E-state index in [0.717, 1.165) is 11.1 Å². The van der Waals surface area contributed by atoms with Crippen molar-refractivity contribution in [2.75, 3.05) is 0 Å². The van der Waals surface area contributed by atoms with E-state index in [4.69, 9.17) is 0 Å². The molecular weight excluding hydrogens is 127 g/mol. The van der Waals surface area contributed by atoms with Gasteiger partial charge in [-0.05, 0) is 25.0 Å². The van der Waals surface area contributed by atoms with Crippen molar-refractivity contribution in [3.8, 4) is 0 Å². The van der Waals surface area contributed by atoms with Crippen LogP contribution in [0.1, 0.15) is 24.2 Å². The number of hydrogen-bond acceptors (Lipinski definition) is 0. The summed E-state index contributed by atoms with van der Waals surface area (Å²) in [6.07, 6.45) is -0.846. The van der Waals surface area contributed by atoms with Gasteiger partial charge in [0.1, 0.15) is 6.17 Å². The third-order valence-electron chi connectivity index (χ3n) is 1.62. The van der Waals surface area contributed by atoms with Crippen LogP contribution in [-0.4, -0.2) is 0 Å². The molecule has 0 nitrogen and oxygen atoms in total. The fourth-order valence-electron chi connectivity index (χ4n) is 1.03. The van der Waals surface area contributed by atoms with Crippen LogP contribution in [-0.2, 0) is 0 Å². The van der Waals surface area contributed by atoms with Crippen molar-refractivity contribution >= 4 is 0 Å². The molecule has 1 aromatic carbocycles. The number of halogens is 1. The molecule has 1 atom stereocenters. The lowest BCUT2D eigenvalue weighted by molar-refractivity contribution is 0.373. The molecule has 0 saturated heterocycles. The van der Waals surface area contributed by atoms with E-state index in [1.165, 1.54) is 0 Å².